The summed E-state index contributed by atoms with van der Waals surface area (Å²) in [7, 11) is 1.79. The molecule has 2 fully saturated rings. The highest BCUT2D eigenvalue weighted by Gasteiger charge is 2.30. The van der Waals surface area contributed by atoms with E-state index in [1.165, 1.54) is 5.56 Å². The molecule has 1 amide bonds. The van der Waals surface area contributed by atoms with Gasteiger partial charge in [-0.05, 0) is 36.5 Å². The maximum Gasteiger partial charge on any atom is 0.251 e. The van der Waals surface area contributed by atoms with Crippen LogP contribution in [0.25, 0.3) is 0 Å². The number of nitrogens with zero attached hydrogens (tertiary/aromatic N) is 3. The van der Waals surface area contributed by atoms with E-state index in [1.807, 2.05) is 17.0 Å². The number of guanidine groups is 1. The van der Waals surface area contributed by atoms with E-state index in [1.54, 1.807) is 7.05 Å². The SMILES string of the molecule is CN=C(NCCOc1ccc(C(C)C)cc1)N1CCN(C(=O)C2CCCO2)CC1. The lowest BCUT2D eigenvalue weighted by molar-refractivity contribution is -0.142. The predicted octanol–water partition coefficient (Wildman–Crippen LogP) is 2.09. The van der Waals surface area contributed by atoms with E-state index in [2.05, 4.69) is 41.2 Å². The lowest BCUT2D eigenvalue weighted by atomic mass is 10.0. The fraction of sp³-hybridized carbons (Fsp3) is 0.636. The topological polar surface area (TPSA) is 66.4 Å². The van der Waals surface area contributed by atoms with Gasteiger partial charge >= 0.3 is 0 Å². The highest BCUT2D eigenvalue weighted by Crippen LogP contribution is 2.18. The molecule has 2 heterocycles. The van der Waals surface area contributed by atoms with E-state index in [4.69, 9.17) is 9.47 Å². The highest BCUT2D eigenvalue weighted by atomic mass is 16.5. The fourth-order valence-electron chi connectivity index (χ4n) is 3.73. The molecule has 0 aliphatic carbocycles. The van der Waals surface area contributed by atoms with Crippen LogP contribution in [0.15, 0.2) is 29.3 Å². The Kier molecular flexibility index (Phi) is 7.75. The van der Waals surface area contributed by atoms with Crippen LogP contribution in [0, 0.1) is 0 Å². The van der Waals surface area contributed by atoms with Crippen molar-refractivity contribution < 1.29 is 14.3 Å². The summed E-state index contributed by atoms with van der Waals surface area (Å²) in [4.78, 5) is 21.0. The Morgan fingerprint density at radius 3 is 2.48 bits per heavy atom. The summed E-state index contributed by atoms with van der Waals surface area (Å²) in [6.45, 7) is 9.27. The van der Waals surface area contributed by atoms with Crippen molar-refractivity contribution in [1.29, 1.82) is 0 Å². The summed E-state index contributed by atoms with van der Waals surface area (Å²) in [6.07, 6.45) is 1.60. The molecule has 7 nitrogen and oxygen atoms in total. The van der Waals surface area contributed by atoms with Gasteiger partial charge in [0.05, 0.1) is 6.54 Å². The molecular formula is C22H34N4O3. The molecule has 0 spiro atoms. The quantitative estimate of drug-likeness (QED) is 0.448. The standard InChI is InChI=1S/C22H34N4O3/c1-17(2)18-6-8-19(9-7-18)28-16-10-24-22(23-3)26-13-11-25(12-14-26)21(27)20-5-4-15-29-20/h6-9,17,20H,4-5,10-16H2,1-3H3,(H,23,24). The molecule has 1 unspecified atom stereocenters. The number of aliphatic imine (C=N–C) groups is 1. The van der Waals surface area contributed by atoms with Crippen LogP contribution in [0.4, 0.5) is 0 Å². The van der Waals surface area contributed by atoms with Gasteiger partial charge in [-0.3, -0.25) is 9.79 Å². The van der Waals surface area contributed by atoms with Crippen molar-refractivity contribution in [3.05, 3.63) is 29.8 Å². The zero-order valence-corrected chi connectivity index (χ0v) is 17.9. The molecule has 0 saturated carbocycles. The zero-order chi connectivity index (χ0) is 20.6. The minimum absolute atomic E-state index is 0.141. The largest absolute Gasteiger partial charge is 0.492 e. The Bertz CT molecular complexity index is 676. The van der Waals surface area contributed by atoms with Crippen LogP contribution in [0.3, 0.4) is 0 Å². The second-order valence-corrected chi connectivity index (χ2v) is 7.86. The van der Waals surface area contributed by atoms with Crippen LogP contribution in [0.5, 0.6) is 5.75 Å². The fourth-order valence-corrected chi connectivity index (χ4v) is 3.73. The summed E-state index contributed by atoms with van der Waals surface area (Å²) in [5.41, 5.74) is 1.31. The number of hydrogen-bond donors (Lipinski definition) is 1. The molecule has 1 N–H and O–H groups in total. The predicted molar refractivity (Wildman–Crippen MR) is 115 cm³/mol. The zero-order valence-electron chi connectivity index (χ0n) is 17.9. The summed E-state index contributed by atoms with van der Waals surface area (Å²) in [6, 6.07) is 8.27. The first kappa shape index (κ1) is 21.4. The minimum atomic E-state index is -0.231. The van der Waals surface area contributed by atoms with Gasteiger partial charge < -0.3 is 24.6 Å². The van der Waals surface area contributed by atoms with E-state index in [9.17, 15) is 4.79 Å². The third kappa shape index (κ3) is 5.85. The summed E-state index contributed by atoms with van der Waals surface area (Å²) >= 11 is 0. The summed E-state index contributed by atoms with van der Waals surface area (Å²) in [5, 5.41) is 3.36. The molecule has 1 aromatic carbocycles. The van der Waals surface area contributed by atoms with Crippen molar-refractivity contribution >= 4 is 11.9 Å². The van der Waals surface area contributed by atoms with Gasteiger partial charge in [-0.15, -0.1) is 0 Å². The normalized spacial score (nSPS) is 20.3. The van der Waals surface area contributed by atoms with Crippen LogP contribution in [0.2, 0.25) is 0 Å². The van der Waals surface area contributed by atoms with Gasteiger partial charge in [0.2, 0.25) is 0 Å². The molecule has 7 heteroatoms. The maximum atomic E-state index is 12.5. The van der Waals surface area contributed by atoms with Crippen molar-refractivity contribution in [1.82, 2.24) is 15.1 Å². The molecule has 0 bridgehead atoms. The number of piperazine rings is 1. The average molecular weight is 403 g/mol. The number of carbonyl (C=O) groups excluding carboxylic acids is 1. The number of nitrogens with one attached hydrogen (secondary N) is 1. The van der Waals surface area contributed by atoms with Crippen molar-refractivity contribution in [2.45, 2.75) is 38.7 Å². The van der Waals surface area contributed by atoms with Gasteiger partial charge in [0, 0.05) is 39.8 Å². The number of amides is 1. The molecule has 29 heavy (non-hydrogen) atoms. The summed E-state index contributed by atoms with van der Waals surface area (Å²) < 4.78 is 11.4. The van der Waals surface area contributed by atoms with Crippen molar-refractivity contribution in [3.63, 3.8) is 0 Å². The van der Waals surface area contributed by atoms with E-state index in [-0.39, 0.29) is 12.0 Å². The first-order chi connectivity index (χ1) is 14.1. The summed E-state index contributed by atoms with van der Waals surface area (Å²) in [5.74, 6) is 2.40. The lowest BCUT2D eigenvalue weighted by Gasteiger charge is -2.37. The van der Waals surface area contributed by atoms with Crippen LogP contribution in [-0.4, -0.2) is 80.8 Å². The molecular weight excluding hydrogens is 368 g/mol. The Hall–Kier alpha value is -2.28. The molecule has 0 aromatic heterocycles. The maximum absolute atomic E-state index is 12.5. The lowest BCUT2D eigenvalue weighted by Crippen LogP contribution is -2.55. The number of ether oxygens (including phenoxy) is 2. The Balaban J connectivity index is 1.37. The highest BCUT2D eigenvalue weighted by molar-refractivity contribution is 5.82. The van der Waals surface area contributed by atoms with Gasteiger partial charge in [-0.1, -0.05) is 26.0 Å². The van der Waals surface area contributed by atoms with Gasteiger partial charge in [0.1, 0.15) is 18.5 Å². The Morgan fingerprint density at radius 2 is 1.90 bits per heavy atom. The number of carbonyl (C=O) groups is 1. The van der Waals surface area contributed by atoms with Crippen LogP contribution < -0.4 is 10.1 Å². The van der Waals surface area contributed by atoms with Crippen LogP contribution in [0.1, 0.15) is 38.2 Å². The van der Waals surface area contributed by atoms with Crippen LogP contribution in [-0.2, 0) is 9.53 Å². The molecule has 2 saturated heterocycles. The van der Waals surface area contributed by atoms with E-state index in [0.29, 0.717) is 38.8 Å². The molecule has 1 aromatic rings. The first-order valence-corrected chi connectivity index (χ1v) is 10.7. The monoisotopic (exact) mass is 402 g/mol. The average Bonchev–Trinajstić information content (AvgIpc) is 3.29. The molecule has 0 radical (unpaired) electrons. The van der Waals surface area contributed by atoms with Crippen molar-refractivity contribution in [3.8, 4) is 5.75 Å². The minimum Gasteiger partial charge on any atom is -0.492 e. The van der Waals surface area contributed by atoms with Gasteiger partial charge in [0.15, 0.2) is 5.96 Å². The van der Waals surface area contributed by atoms with E-state index >= 15 is 0 Å². The van der Waals surface area contributed by atoms with Crippen molar-refractivity contribution in [2.75, 3.05) is 53.0 Å². The second-order valence-electron chi connectivity index (χ2n) is 7.86. The molecule has 2 aliphatic heterocycles. The Labute approximate surface area is 174 Å². The van der Waals surface area contributed by atoms with Gasteiger partial charge in [-0.25, -0.2) is 0 Å². The third-order valence-corrected chi connectivity index (χ3v) is 5.51. The first-order valence-electron chi connectivity index (χ1n) is 10.7. The van der Waals surface area contributed by atoms with Gasteiger partial charge in [-0.2, -0.15) is 0 Å². The van der Waals surface area contributed by atoms with E-state index < -0.39 is 0 Å². The number of rotatable bonds is 6. The number of benzene rings is 1. The number of hydrogen-bond acceptors (Lipinski definition) is 4. The molecule has 1 atom stereocenters. The Morgan fingerprint density at radius 1 is 1.21 bits per heavy atom. The second kappa shape index (κ2) is 10.5. The smallest absolute Gasteiger partial charge is 0.251 e. The van der Waals surface area contributed by atoms with Gasteiger partial charge in [0.25, 0.3) is 5.91 Å². The third-order valence-electron chi connectivity index (χ3n) is 5.51. The molecule has 160 valence electrons. The molecule has 3 rings (SSSR count). The van der Waals surface area contributed by atoms with Crippen LogP contribution >= 0.6 is 0 Å². The molecule has 2 aliphatic rings. The van der Waals surface area contributed by atoms with Crippen molar-refractivity contribution in [2.24, 2.45) is 4.99 Å². The van der Waals surface area contributed by atoms with E-state index in [0.717, 1.165) is 37.6 Å².